The highest BCUT2D eigenvalue weighted by Gasteiger charge is 2.36. The van der Waals surface area contributed by atoms with Gasteiger partial charge in [0.15, 0.2) is 0 Å². The van der Waals surface area contributed by atoms with E-state index in [0.717, 1.165) is 16.8 Å². The SMILES string of the molecule is O=C1CNC(O)CC2c3ccnc(C4C=NC(F)=CC4)c3CCN12. The molecule has 1 amide bonds. The summed E-state index contributed by atoms with van der Waals surface area (Å²) in [6, 6.07) is 1.78. The van der Waals surface area contributed by atoms with Crippen LogP contribution in [-0.2, 0) is 11.2 Å². The molecule has 24 heavy (non-hydrogen) atoms. The predicted molar refractivity (Wildman–Crippen MR) is 86.1 cm³/mol. The second-order valence-electron chi connectivity index (χ2n) is 6.40. The molecule has 126 valence electrons. The van der Waals surface area contributed by atoms with Crippen molar-refractivity contribution in [1.29, 1.82) is 0 Å². The number of halogens is 1. The zero-order valence-electron chi connectivity index (χ0n) is 13.2. The molecule has 1 fully saturated rings. The normalized spacial score (nSPS) is 29.6. The summed E-state index contributed by atoms with van der Waals surface area (Å²) in [5.41, 5.74) is 3.04. The molecule has 4 rings (SSSR count). The maximum atomic E-state index is 13.1. The molecule has 3 unspecified atom stereocenters. The van der Waals surface area contributed by atoms with Crippen LogP contribution in [0.25, 0.3) is 0 Å². The average Bonchev–Trinajstić information content (AvgIpc) is 2.74. The number of hydrogen-bond donors (Lipinski definition) is 2. The molecule has 3 aliphatic rings. The van der Waals surface area contributed by atoms with Crippen LogP contribution in [0.2, 0.25) is 0 Å². The smallest absolute Gasteiger partial charge is 0.237 e. The molecule has 1 aromatic rings. The van der Waals surface area contributed by atoms with Crippen molar-refractivity contribution >= 4 is 12.1 Å². The van der Waals surface area contributed by atoms with E-state index in [1.165, 1.54) is 6.08 Å². The van der Waals surface area contributed by atoms with Crippen LogP contribution in [-0.4, -0.2) is 46.4 Å². The van der Waals surface area contributed by atoms with Gasteiger partial charge >= 0.3 is 0 Å². The van der Waals surface area contributed by atoms with E-state index < -0.39 is 12.2 Å². The Balaban J connectivity index is 1.72. The lowest BCUT2D eigenvalue weighted by molar-refractivity contribution is -0.132. The number of fused-ring (bicyclic) bond motifs is 3. The highest BCUT2D eigenvalue weighted by Crippen LogP contribution is 2.37. The molecule has 3 aliphatic heterocycles. The van der Waals surface area contributed by atoms with Crippen molar-refractivity contribution in [3.63, 3.8) is 0 Å². The number of rotatable bonds is 1. The second-order valence-corrected chi connectivity index (χ2v) is 6.40. The third kappa shape index (κ3) is 2.63. The van der Waals surface area contributed by atoms with E-state index in [-0.39, 0.29) is 24.4 Å². The second kappa shape index (κ2) is 6.07. The van der Waals surface area contributed by atoms with Crippen molar-refractivity contribution in [3.05, 3.63) is 41.1 Å². The van der Waals surface area contributed by atoms with Crippen molar-refractivity contribution in [2.75, 3.05) is 13.1 Å². The van der Waals surface area contributed by atoms with Gasteiger partial charge in [-0.15, -0.1) is 0 Å². The first-order valence-corrected chi connectivity index (χ1v) is 8.22. The van der Waals surface area contributed by atoms with Crippen molar-refractivity contribution < 1.29 is 14.3 Å². The summed E-state index contributed by atoms with van der Waals surface area (Å²) in [6.07, 6.45) is 5.82. The Hall–Kier alpha value is -2.12. The van der Waals surface area contributed by atoms with Crippen LogP contribution < -0.4 is 5.32 Å². The van der Waals surface area contributed by atoms with Crippen LogP contribution in [0.4, 0.5) is 4.39 Å². The third-order valence-electron chi connectivity index (χ3n) is 4.99. The first-order chi connectivity index (χ1) is 11.6. The van der Waals surface area contributed by atoms with Gasteiger partial charge in [-0.25, -0.2) is 4.99 Å². The number of pyridine rings is 1. The molecule has 0 aromatic carbocycles. The Morgan fingerprint density at radius 1 is 1.42 bits per heavy atom. The van der Waals surface area contributed by atoms with E-state index in [9.17, 15) is 14.3 Å². The van der Waals surface area contributed by atoms with Gasteiger partial charge in [0, 0.05) is 31.3 Å². The zero-order chi connectivity index (χ0) is 16.7. The topological polar surface area (TPSA) is 77.8 Å². The Kier molecular flexibility index (Phi) is 3.90. The lowest BCUT2D eigenvalue weighted by atomic mass is 9.85. The van der Waals surface area contributed by atoms with Crippen molar-refractivity contribution in [2.24, 2.45) is 4.99 Å². The predicted octanol–water partition coefficient (Wildman–Crippen LogP) is 1.19. The van der Waals surface area contributed by atoms with Gasteiger partial charge in [0.1, 0.15) is 6.23 Å². The highest BCUT2D eigenvalue weighted by molar-refractivity contribution is 5.79. The van der Waals surface area contributed by atoms with Gasteiger partial charge in [-0.05, 0) is 36.1 Å². The molecule has 3 atom stereocenters. The molecule has 0 saturated carbocycles. The maximum absolute atomic E-state index is 13.1. The Morgan fingerprint density at radius 3 is 3.08 bits per heavy atom. The molecule has 1 saturated heterocycles. The number of nitrogens with one attached hydrogen (secondary N) is 1. The highest BCUT2D eigenvalue weighted by atomic mass is 19.1. The van der Waals surface area contributed by atoms with Crippen LogP contribution in [0.1, 0.15) is 41.6 Å². The number of carbonyl (C=O) groups excluding carboxylic acids is 1. The molecule has 1 aromatic heterocycles. The number of hydrogen-bond acceptors (Lipinski definition) is 5. The van der Waals surface area contributed by atoms with E-state index in [4.69, 9.17) is 0 Å². The molecule has 2 N–H and O–H groups in total. The Bertz CT molecular complexity index is 733. The van der Waals surface area contributed by atoms with Gasteiger partial charge in [0.25, 0.3) is 0 Å². The summed E-state index contributed by atoms with van der Waals surface area (Å²) in [5.74, 6) is -0.494. The number of aliphatic imine (C=N–C) groups is 1. The largest absolute Gasteiger partial charge is 0.379 e. The van der Waals surface area contributed by atoms with Crippen LogP contribution in [0.5, 0.6) is 0 Å². The Labute approximate surface area is 139 Å². The van der Waals surface area contributed by atoms with Gasteiger partial charge < -0.3 is 10.0 Å². The number of aliphatic hydroxyl groups excluding tert-OH is 1. The summed E-state index contributed by atoms with van der Waals surface area (Å²) in [6.45, 7) is 0.766. The van der Waals surface area contributed by atoms with Crippen LogP contribution in [0, 0.1) is 0 Å². The number of carbonyl (C=O) groups is 1. The fourth-order valence-corrected chi connectivity index (χ4v) is 3.82. The van der Waals surface area contributed by atoms with Gasteiger partial charge in [0.2, 0.25) is 11.9 Å². The monoisotopic (exact) mass is 330 g/mol. The van der Waals surface area contributed by atoms with Crippen molar-refractivity contribution in [2.45, 2.75) is 37.5 Å². The molecular formula is C17H19FN4O2. The minimum Gasteiger partial charge on any atom is -0.379 e. The number of amides is 1. The minimum absolute atomic E-state index is 0.00444. The van der Waals surface area contributed by atoms with Crippen LogP contribution >= 0.6 is 0 Å². The molecule has 6 nitrogen and oxygen atoms in total. The Morgan fingerprint density at radius 2 is 2.29 bits per heavy atom. The minimum atomic E-state index is -0.709. The fraction of sp³-hybridized carbons (Fsp3) is 0.471. The first kappa shape index (κ1) is 15.4. The van der Waals surface area contributed by atoms with Crippen LogP contribution in [0.15, 0.2) is 29.3 Å². The summed E-state index contributed by atoms with van der Waals surface area (Å²) < 4.78 is 13.1. The van der Waals surface area contributed by atoms with E-state index in [1.807, 2.05) is 11.0 Å². The molecule has 0 bridgehead atoms. The van der Waals surface area contributed by atoms with E-state index in [1.54, 1.807) is 12.4 Å². The zero-order valence-corrected chi connectivity index (χ0v) is 13.2. The molecule has 0 radical (unpaired) electrons. The maximum Gasteiger partial charge on any atom is 0.237 e. The number of allylic oxidation sites excluding steroid dienone is 1. The molecule has 4 heterocycles. The number of nitrogens with zero attached hydrogens (tertiary/aromatic N) is 3. The van der Waals surface area contributed by atoms with E-state index >= 15 is 0 Å². The summed E-state index contributed by atoms with van der Waals surface area (Å²) in [5, 5.41) is 12.9. The molecule has 0 aliphatic carbocycles. The lowest BCUT2D eigenvalue weighted by Crippen LogP contribution is -2.41. The van der Waals surface area contributed by atoms with Gasteiger partial charge in [-0.1, -0.05) is 0 Å². The van der Waals surface area contributed by atoms with Crippen LogP contribution in [0.3, 0.4) is 0 Å². The third-order valence-corrected chi connectivity index (χ3v) is 4.99. The standard InChI is InChI=1S/C17H19FN4O2/c18-14-2-1-10(8-20-14)17-12-4-6-22-13(11(12)3-5-19-17)7-15(23)21-9-16(22)24/h2-3,5,8,10,13,15,21,23H,1,4,6-7,9H2. The molecule has 0 spiro atoms. The number of aliphatic hydroxyl groups is 1. The first-order valence-electron chi connectivity index (χ1n) is 8.22. The van der Waals surface area contributed by atoms with Crippen molar-refractivity contribution in [1.82, 2.24) is 15.2 Å². The van der Waals surface area contributed by atoms with E-state index in [2.05, 4.69) is 15.3 Å². The van der Waals surface area contributed by atoms with Crippen molar-refractivity contribution in [3.8, 4) is 0 Å². The summed E-state index contributed by atoms with van der Waals surface area (Å²) >= 11 is 0. The average molecular weight is 330 g/mol. The summed E-state index contributed by atoms with van der Waals surface area (Å²) in [7, 11) is 0. The quantitative estimate of drug-likeness (QED) is 0.758. The summed E-state index contributed by atoms with van der Waals surface area (Å²) in [4.78, 5) is 22.4. The van der Waals surface area contributed by atoms with Gasteiger partial charge in [0.05, 0.1) is 18.3 Å². The van der Waals surface area contributed by atoms with Gasteiger partial charge in [-0.2, -0.15) is 4.39 Å². The molecular weight excluding hydrogens is 311 g/mol. The fourth-order valence-electron chi connectivity index (χ4n) is 3.82. The lowest BCUT2D eigenvalue weighted by Gasteiger charge is -2.37. The van der Waals surface area contributed by atoms with E-state index in [0.29, 0.717) is 25.8 Å². The molecule has 7 heteroatoms. The number of aromatic nitrogens is 1. The van der Waals surface area contributed by atoms with Gasteiger partial charge in [-0.3, -0.25) is 15.1 Å².